The third kappa shape index (κ3) is 3.87. The van der Waals surface area contributed by atoms with E-state index in [2.05, 4.69) is 16.8 Å². The Morgan fingerprint density at radius 3 is 2.93 bits per heavy atom. The number of carbonyl (C=O) groups excluding carboxylic acids is 1. The minimum absolute atomic E-state index is 0.0658. The Morgan fingerprint density at radius 1 is 1.26 bits per heavy atom. The van der Waals surface area contributed by atoms with Gasteiger partial charge in [-0.25, -0.2) is 9.37 Å². The first-order chi connectivity index (χ1) is 13.1. The summed E-state index contributed by atoms with van der Waals surface area (Å²) in [5.41, 5.74) is 3.13. The summed E-state index contributed by atoms with van der Waals surface area (Å²) >= 11 is 7.29. The molecule has 2 aromatic carbocycles. The first-order valence-electron chi connectivity index (χ1n) is 8.33. The van der Waals surface area contributed by atoms with E-state index in [1.165, 1.54) is 12.1 Å². The molecular weight excluding hydrogens is 383 g/mol. The first kappa shape index (κ1) is 17.7. The number of hydrogen-bond donors (Lipinski definition) is 0. The number of thiazole rings is 1. The largest absolute Gasteiger partial charge is 0.330 e. The van der Waals surface area contributed by atoms with Gasteiger partial charge in [-0.1, -0.05) is 35.6 Å². The van der Waals surface area contributed by atoms with Crippen LogP contribution < -0.4 is 0 Å². The number of amides is 1. The van der Waals surface area contributed by atoms with Crippen LogP contribution >= 0.6 is 22.9 Å². The molecule has 0 radical (unpaired) electrons. The Morgan fingerprint density at radius 2 is 2.15 bits per heavy atom. The molecule has 0 bridgehead atoms. The van der Waals surface area contributed by atoms with E-state index >= 15 is 0 Å². The fraction of sp³-hybridized carbons (Fsp3) is 0.143. The molecule has 3 aromatic rings. The van der Waals surface area contributed by atoms with Gasteiger partial charge in [0, 0.05) is 35.8 Å². The minimum atomic E-state index is -0.476. The van der Waals surface area contributed by atoms with Crippen LogP contribution in [0.25, 0.3) is 0 Å². The summed E-state index contributed by atoms with van der Waals surface area (Å²) in [4.78, 5) is 18.6. The van der Waals surface area contributed by atoms with Crippen molar-refractivity contribution in [3.63, 3.8) is 0 Å². The smallest absolute Gasteiger partial charge is 0.254 e. The molecule has 0 aliphatic carbocycles. The molecule has 6 heteroatoms. The summed E-state index contributed by atoms with van der Waals surface area (Å²) in [5.74, 6) is 5.64. The Labute approximate surface area is 165 Å². The Bertz CT molecular complexity index is 1070. The highest BCUT2D eigenvalue weighted by molar-refractivity contribution is 7.09. The fourth-order valence-electron chi connectivity index (χ4n) is 2.99. The van der Waals surface area contributed by atoms with E-state index in [0.717, 1.165) is 16.1 Å². The highest BCUT2D eigenvalue weighted by Gasteiger charge is 2.27. The molecule has 0 fully saturated rings. The number of rotatable bonds is 3. The second kappa shape index (κ2) is 7.51. The number of carbonyl (C=O) groups is 1. The number of nitrogens with zero attached hydrogens (tertiary/aromatic N) is 2. The van der Waals surface area contributed by atoms with Crippen LogP contribution in [0.15, 0.2) is 48.0 Å². The molecule has 1 aliphatic rings. The molecule has 1 aliphatic heterocycles. The van der Waals surface area contributed by atoms with Gasteiger partial charge in [-0.2, -0.15) is 0 Å². The van der Waals surface area contributed by atoms with Crippen LogP contribution in [-0.4, -0.2) is 15.8 Å². The van der Waals surface area contributed by atoms with Crippen LogP contribution in [-0.2, 0) is 19.5 Å². The van der Waals surface area contributed by atoms with Crippen molar-refractivity contribution in [1.82, 2.24) is 9.88 Å². The van der Waals surface area contributed by atoms with Crippen molar-refractivity contribution in [2.24, 2.45) is 0 Å². The molecule has 0 saturated heterocycles. The Balaban J connectivity index is 1.49. The molecule has 0 N–H and O–H groups in total. The maximum absolute atomic E-state index is 13.6. The number of halogens is 2. The molecule has 4 rings (SSSR count). The quantitative estimate of drug-likeness (QED) is 0.602. The molecule has 1 aromatic heterocycles. The fourth-order valence-corrected chi connectivity index (χ4v) is 3.66. The summed E-state index contributed by atoms with van der Waals surface area (Å²) in [5, 5.41) is 2.98. The van der Waals surface area contributed by atoms with E-state index in [0.29, 0.717) is 30.6 Å². The van der Waals surface area contributed by atoms with Gasteiger partial charge in [-0.15, -0.1) is 11.3 Å². The van der Waals surface area contributed by atoms with E-state index in [1.807, 2.05) is 23.6 Å². The number of hydrogen-bond acceptors (Lipinski definition) is 3. The summed E-state index contributed by atoms with van der Waals surface area (Å²) < 4.78 is 13.6. The van der Waals surface area contributed by atoms with Crippen molar-refractivity contribution in [2.45, 2.75) is 19.5 Å². The van der Waals surface area contributed by atoms with Crippen molar-refractivity contribution in [1.29, 1.82) is 0 Å². The molecule has 0 atom stereocenters. The van der Waals surface area contributed by atoms with Crippen LogP contribution in [0, 0.1) is 17.7 Å². The predicted octanol–water partition coefficient (Wildman–Crippen LogP) is 4.69. The molecule has 0 unspecified atom stereocenters. The third-order valence-electron chi connectivity index (χ3n) is 4.30. The number of aromatic nitrogens is 1. The highest BCUT2D eigenvalue weighted by atomic mass is 35.5. The van der Waals surface area contributed by atoms with Gasteiger partial charge in [0.25, 0.3) is 5.91 Å². The molecule has 0 spiro atoms. The average Bonchev–Trinajstić information content (AvgIpc) is 3.27. The van der Waals surface area contributed by atoms with Gasteiger partial charge in [-0.3, -0.25) is 4.79 Å². The standard InChI is InChI=1S/C21H14ClFN2OS/c22-18-7-5-15(11-19(18)23)12-25-13-16-6-4-14(10-17(16)21(25)26)2-1-3-20-24-8-9-27-20/h4-11H,3,12-13H2. The molecule has 2 heterocycles. The van der Waals surface area contributed by atoms with Gasteiger partial charge in [0.05, 0.1) is 11.4 Å². The van der Waals surface area contributed by atoms with E-state index in [9.17, 15) is 9.18 Å². The minimum Gasteiger partial charge on any atom is -0.330 e. The monoisotopic (exact) mass is 396 g/mol. The number of fused-ring (bicyclic) bond motifs is 1. The van der Waals surface area contributed by atoms with Crippen molar-refractivity contribution in [3.8, 4) is 11.8 Å². The van der Waals surface area contributed by atoms with Gasteiger partial charge in [0.15, 0.2) is 0 Å². The lowest BCUT2D eigenvalue weighted by Gasteiger charge is -2.15. The zero-order chi connectivity index (χ0) is 18.8. The lowest BCUT2D eigenvalue weighted by Crippen LogP contribution is -2.23. The molecule has 1 amide bonds. The van der Waals surface area contributed by atoms with Gasteiger partial charge >= 0.3 is 0 Å². The second-order valence-corrected chi connectivity index (χ2v) is 7.57. The molecular formula is C21H14ClFN2OS. The van der Waals surface area contributed by atoms with Crippen LogP contribution in [0.4, 0.5) is 4.39 Å². The maximum Gasteiger partial charge on any atom is 0.254 e. The molecule has 134 valence electrons. The van der Waals surface area contributed by atoms with Crippen molar-refractivity contribution in [2.75, 3.05) is 0 Å². The van der Waals surface area contributed by atoms with Gasteiger partial charge < -0.3 is 4.90 Å². The van der Waals surface area contributed by atoms with Gasteiger partial charge in [0.2, 0.25) is 0 Å². The summed E-state index contributed by atoms with van der Waals surface area (Å²) in [6.07, 6.45) is 2.35. The predicted molar refractivity (Wildman–Crippen MR) is 104 cm³/mol. The van der Waals surface area contributed by atoms with Crippen LogP contribution in [0.3, 0.4) is 0 Å². The maximum atomic E-state index is 13.6. The lowest BCUT2D eigenvalue weighted by molar-refractivity contribution is 0.0766. The van der Waals surface area contributed by atoms with Crippen LogP contribution in [0.1, 0.15) is 32.1 Å². The number of benzene rings is 2. The van der Waals surface area contributed by atoms with Crippen molar-refractivity contribution < 1.29 is 9.18 Å². The van der Waals surface area contributed by atoms with Crippen LogP contribution in [0.5, 0.6) is 0 Å². The van der Waals surface area contributed by atoms with E-state index in [1.54, 1.807) is 28.5 Å². The summed E-state index contributed by atoms with van der Waals surface area (Å²) in [7, 11) is 0. The Kier molecular flexibility index (Phi) is 4.93. The SMILES string of the molecule is O=C1c2cc(C#CCc3nccs3)ccc2CN1Cc1ccc(Cl)c(F)c1. The zero-order valence-corrected chi connectivity index (χ0v) is 15.8. The zero-order valence-electron chi connectivity index (χ0n) is 14.2. The van der Waals surface area contributed by atoms with Crippen molar-refractivity contribution >= 4 is 28.8 Å². The van der Waals surface area contributed by atoms with E-state index in [4.69, 9.17) is 11.6 Å². The third-order valence-corrected chi connectivity index (χ3v) is 5.39. The van der Waals surface area contributed by atoms with Crippen LogP contribution in [0.2, 0.25) is 5.02 Å². The van der Waals surface area contributed by atoms with Gasteiger partial charge in [-0.05, 0) is 35.4 Å². The first-order valence-corrected chi connectivity index (χ1v) is 9.59. The molecule has 27 heavy (non-hydrogen) atoms. The average molecular weight is 397 g/mol. The lowest BCUT2D eigenvalue weighted by atomic mass is 10.1. The van der Waals surface area contributed by atoms with E-state index in [-0.39, 0.29) is 10.9 Å². The highest BCUT2D eigenvalue weighted by Crippen LogP contribution is 2.26. The molecule has 0 saturated carbocycles. The normalized spacial score (nSPS) is 12.7. The molecule has 3 nitrogen and oxygen atoms in total. The van der Waals surface area contributed by atoms with Crippen molar-refractivity contribution in [3.05, 3.63) is 86.1 Å². The summed E-state index contributed by atoms with van der Waals surface area (Å²) in [6, 6.07) is 10.3. The summed E-state index contributed by atoms with van der Waals surface area (Å²) in [6.45, 7) is 0.845. The topological polar surface area (TPSA) is 33.2 Å². The second-order valence-electron chi connectivity index (χ2n) is 6.19. The Hall–Kier alpha value is -2.68. The van der Waals surface area contributed by atoms with E-state index < -0.39 is 5.82 Å². The van der Waals surface area contributed by atoms with Gasteiger partial charge in [0.1, 0.15) is 10.8 Å².